The molecule has 0 N–H and O–H groups in total. The van der Waals surface area contributed by atoms with E-state index in [1.807, 2.05) is 6.07 Å². The van der Waals surface area contributed by atoms with E-state index < -0.39 is 0 Å². The second kappa shape index (κ2) is 13.4. The van der Waals surface area contributed by atoms with Crippen molar-refractivity contribution in [2.75, 3.05) is 0 Å². The average Bonchev–Trinajstić information content (AvgIpc) is 3.89. The van der Waals surface area contributed by atoms with Crippen LogP contribution in [0.5, 0.6) is 0 Å². The van der Waals surface area contributed by atoms with Crippen LogP contribution in [0, 0.1) is 5.92 Å². The molecular formula is C56H46N2O. The van der Waals surface area contributed by atoms with Crippen LogP contribution in [0.3, 0.4) is 0 Å². The first-order valence-corrected chi connectivity index (χ1v) is 21.1. The van der Waals surface area contributed by atoms with Gasteiger partial charge in [0.15, 0.2) is 0 Å². The van der Waals surface area contributed by atoms with Gasteiger partial charge in [0.1, 0.15) is 11.2 Å². The maximum absolute atomic E-state index is 6.44. The highest BCUT2D eigenvalue weighted by Gasteiger charge is 2.38. The fourth-order valence-electron chi connectivity index (χ4n) is 10.3. The van der Waals surface area contributed by atoms with Gasteiger partial charge >= 0.3 is 0 Å². The number of para-hydroxylation sites is 2. The lowest BCUT2D eigenvalue weighted by Crippen LogP contribution is -2.18. The van der Waals surface area contributed by atoms with E-state index in [9.17, 15) is 0 Å². The predicted octanol–water partition coefficient (Wildman–Crippen LogP) is 15.1. The average molecular weight is 763 g/mol. The highest BCUT2D eigenvalue weighted by molar-refractivity contribution is 6.15. The Morgan fingerprint density at radius 2 is 1.37 bits per heavy atom. The summed E-state index contributed by atoms with van der Waals surface area (Å²) in [6, 6.07) is 57.6. The molecule has 9 aromatic rings. The van der Waals surface area contributed by atoms with Crippen molar-refractivity contribution in [1.82, 2.24) is 4.57 Å². The Bertz CT molecular complexity index is 3270. The molecule has 0 bridgehead atoms. The Labute approximate surface area is 345 Å². The van der Waals surface area contributed by atoms with Crippen LogP contribution >= 0.6 is 0 Å². The minimum atomic E-state index is -0.126. The molecule has 59 heavy (non-hydrogen) atoms. The van der Waals surface area contributed by atoms with Crippen molar-refractivity contribution in [2.24, 2.45) is 10.9 Å². The molecule has 1 unspecified atom stereocenters. The Balaban J connectivity index is 1.11. The van der Waals surface area contributed by atoms with Crippen molar-refractivity contribution >= 4 is 60.7 Å². The summed E-state index contributed by atoms with van der Waals surface area (Å²) in [6.45, 7) is 11.7. The summed E-state index contributed by atoms with van der Waals surface area (Å²) in [5, 5.41) is 4.94. The molecule has 1 aliphatic heterocycles. The van der Waals surface area contributed by atoms with Crippen molar-refractivity contribution in [2.45, 2.75) is 52.9 Å². The van der Waals surface area contributed by atoms with Crippen LogP contribution in [-0.2, 0) is 5.41 Å². The smallest absolute Gasteiger partial charge is 0.136 e. The van der Waals surface area contributed by atoms with E-state index in [-0.39, 0.29) is 11.3 Å². The molecule has 3 heteroatoms. The second-order valence-electron chi connectivity index (χ2n) is 17.0. The number of allylic oxidation sites excluding steroid dienone is 3. The molecule has 2 aromatic heterocycles. The molecule has 0 spiro atoms. The number of furan rings is 1. The number of hydrogen-bond donors (Lipinski definition) is 0. The first-order valence-electron chi connectivity index (χ1n) is 21.1. The van der Waals surface area contributed by atoms with E-state index >= 15 is 0 Å². The van der Waals surface area contributed by atoms with E-state index in [2.05, 4.69) is 191 Å². The fraction of sp³-hybridized carbons (Fsp3) is 0.161. The number of aliphatic imine (C=N–C) groups is 1. The summed E-state index contributed by atoms with van der Waals surface area (Å²) < 4.78 is 8.91. The molecule has 3 nitrogen and oxygen atoms in total. The summed E-state index contributed by atoms with van der Waals surface area (Å²) in [5.74, 6) is 0.0854. The van der Waals surface area contributed by atoms with Gasteiger partial charge in [-0.25, -0.2) is 0 Å². The zero-order valence-electron chi connectivity index (χ0n) is 34.3. The zero-order chi connectivity index (χ0) is 40.0. The fourth-order valence-corrected chi connectivity index (χ4v) is 10.3. The SMILES string of the molecule is CC/C1=C(c2cccc(-n3c4ccccc4c4c5c(ccc43)-c3ccccc3C5(C)C)c2)/N=C(/c2ccccc2)C(C)/C(C)=C(/c2ccc3c(c2)oc2ccccc23)C1. The topological polar surface area (TPSA) is 30.4 Å². The molecule has 0 saturated heterocycles. The summed E-state index contributed by atoms with van der Waals surface area (Å²) in [4.78, 5) is 5.74. The van der Waals surface area contributed by atoms with Crippen LogP contribution in [0.15, 0.2) is 178 Å². The molecule has 286 valence electrons. The van der Waals surface area contributed by atoms with Crippen LogP contribution < -0.4 is 0 Å². The van der Waals surface area contributed by atoms with Crippen molar-refractivity contribution in [3.63, 3.8) is 0 Å². The van der Waals surface area contributed by atoms with Crippen LogP contribution in [-0.4, -0.2) is 10.3 Å². The van der Waals surface area contributed by atoms with Gasteiger partial charge in [-0.2, -0.15) is 0 Å². The highest BCUT2D eigenvalue weighted by Crippen LogP contribution is 2.53. The van der Waals surface area contributed by atoms with Gasteiger partial charge in [-0.15, -0.1) is 0 Å². The Kier molecular flexibility index (Phi) is 8.07. The van der Waals surface area contributed by atoms with Gasteiger partial charge in [0.05, 0.1) is 22.4 Å². The summed E-state index contributed by atoms with van der Waals surface area (Å²) in [5.41, 5.74) is 20.4. The zero-order valence-corrected chi connectivity index (χ0v) is 34.3. The lowest BCUT2D eigenvalue weighted by Gasteiger charge is -2.26. The molecule has 0 amide bonds. The number of benzene rings is 7. The van der Waals surface area contributed by atoms with E-state index in [1.54, 1.807) is 0 Å². The van der Waals surface area contributed by atoms with Crippen LogP contribution in [0.25, 0.3) is 71.8 Å². The predicted molar refractivity (Wildman–Crippen MR) is 249 cm³/mol. The maximum atomic E-state index is 6.44. The first-order chi connectivity index (χ1) is 28.8. The first kappa shape index (κ1) is 35.5. The Morgan fingerprint density at radius 3 is 2.22 bits per heavy atom. The number of hydrogen-bond acceptors (Lipinski definition) is 2. The van der Waals surface area contributed by atoms with Gasteiger partial charge in [0, 0.05) is 44.1 Å². The van der Waals surface area contributed by atoms with E-state index in [4.69, 9.17) is 9.41 Å². The van der Waals surface area contributed by atoms with E-state index in [1.165, 1.54) is 66.3 Å². The van der Waals surface area contributed by atoms with Crippen LogP contribution in [0.1, 0.15) is 75.3 Å². The summed E-state index contributed by atoms with van der Waals surface area (Å²) >= 11 is 0. The van der Waals surface area contributed by atoms with E-state index in [0.717, 1.165) is 63.0 Å². The minimum absolute atomic E-state index is 0.0854. The Morgan fingerprint density at radius 1 is 0.644 bits per heavy atom. The summed E-state index contributed by atoms with van der Waals surface area (Å²) in [6.07, 6.45) is 1.68. The maximum Gasteiger partial charge on any atom is 0.136 e. The van der Waals surface area contributed by atoms with Crippen LogP contribution in [0.4, 0.5) is 0 Å². The molecule has 2 aliphatic rings. The van der Waals surface area contributed by atoms with Gasteiger partial charge in [0.2, 0.25) is 0 Å². The number of aromatic nitrogens is 1. The minimum Gasteiger partial charge on any atom is -0.456 e. The van der Waals surface area contributed by atoms with Gasteiger partial charge in [-0.1, -0.05) is 149 Å². The number of rotatable bonds is 5. The molecule has 7 aromatic carbocycles. The lowest BCUT2D eigenvalue weighted by atomic mass is 9.80. The molecular weight excluding hydrogens is 717 g/mol. The lowest BCUT2D eigenvalue weighted by molar-refractivity contribution is 0.666. The monoisotopic (exact) mass is 762 g/mol. The van der Waals surface area contributed by atoms with Gasteiger partial charge in [-0.3, -0.25) is 4.99 Å². The van der Waals surface area contributed by atoms with Gasteiger partial charge in [-0.05, 0) is 107 Å². The molecule has 0 saturated carbocycles. The molecule has 3 heterocycles. The van der Waals surface area contributed by atoms with Gasteiger partial charge < -0.3 is 8.98 Å². The second-order valence-corrected chi connectivity index (χ2v) is 17.0. The van der Waals surface area contributed by atoms with E-state index in [0.29, 0.717) is 0 Å². The molecule has 1 atom stereocenters. The number of fused-ring (bicyclic) bond motifs is 10. The Hall–Kier alpha value is -6.71. The third-order valence-electron chi connectivity index (χ3n) is 13.4. The van der Waals surface area contributed by atoms with Crippen LogP contribution in [0.2, 0.25) is 0 Å². The van der Waals surface area contributed by atoms with Gasteiger partial charge in [0.25, 0.3) is 0 Å². The normalized spacial score (nSPS) is 19.8. The summed E-state index contributed by atoms with van der Waals surface area (Å²) in [7, 11) is 0. The van der Waals surface area contributed by atoms with Crippen molar-refractivity contribution < 1.29 is 4.42 Å². The third kappa shape index (κ3) is 5.37. The standard InChI is InChI=1S/C56H46N2O/c1-6-36-32-46(38-27-28-43-42-22-12-15-26-50(42)59-51(43)33-38)34(2)35(3)54(37-17-8-7-9-18-37)57-55(36)39-19-16-20-40(31-39)58-48-25-14-11-23-45(48)52-49(58)30-29-44-41-21-10-13-24-47(41)56(4,5)53(44)52/h7-31,33,35H,6,32H2,1-5H3/b46-34+,55-36-,57-54+. The quantitative estimate of drug-likeness (QED) is 0.172. The molecule has 0 fully saturated rings. The van der Waals surface area contributed by atoms with Crippen molar-refractivity contribution in [3.8, 4) is 16.8 Å². The highest BCUT2D eigenvalue weighted by atomic mass is 16.3. The third-order valence-corrected chi connectivity index (χ3v) is 13.4. The largest absolute Gasteiger partial charge is 0.456 e. The van der Waals surface area contributed by atoms with Crippen molar-refractivity contribution in [3.05, 3.63) is 197 Å². The molecule has 1 aliphatic carbocycles. The van der Waals surface area contributed by atoms with Crippen molar-refractivity contribution in [1.29, 1.82) is 0 Å². The molecule has 11 rings (SSSR count). The number of nitrogens with zero attached hydrogens (tertiary/aromatic N) is 2. The molecule has 0 radical (unpaired) electrons.